The van der Waals surface area contributed by atoms with Crippen molar-refractivity contribution in [3.05, 3.63) is 57.8 Å². The zero-order valence-corrected chi connectivity index (χ0v) is 18.8. The molecule has 29 heavy (non-hydrogen) atoms. The van der Waals surface area contributed by atoms with E-state index in [4.69, 9.17) is 21.1 Å². The van der Waals surface area contributed by atoms with Crippen molar-refractivity contribution in [3.8, 4) is 11.5 Å². The summed E-state index contributed by atoms with van der Waals surface area (Å²) in [7, 11) is 3.42. The molecule has 1 N–H and O–H groups in total. The highest BCUT2D eigenvalue weighted by atomic mass is 79.9. The van der Waals surface area contributed by atoms with Crippen LogP contribution < -0.4 is 14.8 Å². The lowest BCUT2D eigenvalue weighted by Gasteiger charge is -2.10. The molecule has 3 rings (SSSR count). The van der Waals surface area contributed by atoms with Crippen LogP contribution in [0.5, 0.6) is 11.5 Å². The molecular formula is C19H18BrClN4O3S. The summed E-state index contributed by atoms with van der Waals surface area (Å²) >= 11 is 10.6. The highest BCUT2D eigenvalue weighted by Crippen LogP contribution is 2.27. The van der Waals surface area contributed by atoms with E-state index in [0.29, 0.717) is 33.2 Å². The van der Waals surface area contributed by atoms with Gasteiger partial charge in [-0.1, -0.05) is 35.5 Å². The molecule has 0 aliphatic carbocycles. The van der Waals surface area contributed by atoms with E-state index in [9.17, 15) is 4.79 Å². The molecule has 0 unspecified atom stereocenters. The number of benzene rings is 2. The average Bonchev–Trinajstić information content (AvgIpc) is 3.07. The van der Waals surface area contributed by atoms with Gasteiger partial charge < -0.3 is 19.4 Å². The van der Waals surface area contributed by atoms with Crippen LogP contribution in [0.15, 0.2) is 52.1 Å². The van der Waals surface area contributed by atoms with Crippen molar-refractivity contribution in [2.45, 2.75) is 11.8 Å². The largest absolute Gasteiger partial charge is 0.493 e. The number of halogens is 2. The van der Waals surface area contributed by atoms with Gasteiger partial charge in [-0.15, -0.1) is 10.2 Å². The van der Waals surface area contributed by atoms with E-state index in [1.165, 1.54) is 11.8 Å². The first kappa shape index (κ1) is 21.5. The molecule has 1 aromatic heterocycles. The third-order valence-electron chi connectivity index (χ3n) is 3.89. The molecule has 2 aromatic carbocycles. The molecule has 3 aromatic rings. The Kier molecular flexibility index (Phi) is 7.40. The van der Waals surface area contributed by atoms with Crippen LogP contribution in [0.1, 0.15) is 5.82 Å². The Morgan fingerprint density at radius 2 is 2.00 bits per heavy atom. The van der Waals surface area contributed by atoms with Gasteiger partial charge in [-0.2, -0.15) is 0 Å². The number of rotatable bonds is 8. The number of methoxy groups -OCH3 is 1. The predicted octanol–water partition coefficient (Wildman–Crippen LogP) is 4.55. The molecule has 0 spiro atoms. The maximum absolute atomic E-state index is 12.2. The minimum atomic E-state index is -0.164. The molecule has 0 aliphatic heterocycles. The van der Waals surface area contributed by atoms with Gasteiger partial charge in [0.1, 0.15) is 6.61 Å². The number of anilines is 1. The zero-order chi connectivity index (χ0) is 20.8. The molecule has 0 aliphatic rings. The summed E-state index contributed by atoms with van der Waals surface area (Å²) in [6.45, 7) is 0.230. The Bertz CT molecular complexity index is 1010. The number of amides is 1. The van der Waals surface area contributed by atoms with Gasteiger partial charge in [0.25, 0.3) is 0 Å². The van der Waals surface area contributed by atoms with E-state index < -0.39 is 0 Å². The minimum absolute atomic E-state index is 0.164. The van der Waals surface area contributed by atoms with Crippen LogP contribution in [0.2, 0.25) is 5.02 Å². The summed E-state index contributed by atoms with van der Waals surface area (Å²) in [6, 6.07) is 12.6. The summed E-state index contributed by atoms with van der Waals surface area (Å²) in [4.78, 5) is 12.2. The number of ether oxygens (including phenoxy) is 2. The number of carbonyl (C=O) groups is 1. The topological polar surface area (TPSA) is 78.3 Å². The maximum atomic E-state index is 12.2. The summed E-state index contributed by atoms with van der Waals surface area (Å²) in [5.41, 5.74) is 0.632. The van der Waals surface area contributed by atoms with E-state index in [1.54, 1.807) is 29.9 Å². The van der Waals surface area contributed by atoms with Crippen molar-refractivity contribution in [2.24, 2.45) is 7.05 Å². The van der Waals surface area contributed by atoms with Gasteiger partial charge in [-0.25, -0.2) is 0 Å². The first-order chi connectivity index (χ1) is 14.0. The Morgan fingerprint density at radius 1 is 1.24 bits per heavy atom. The number of hydrogen-bond donors (Lipinski definition) is 1. The van der Waals surface area contributed by atoms with Crippen LogP contribution in [0.4, 0.5) is 5.69 Å². The lowest BCUT2D eigenvalue weighted by molar-refractivity contribution is -0.113. The molecular weight excluding hydrogens is 480 g/mol. The highest BCUT2D eigenvalue weighted by molar-refractivity contribution is 9.10. The second kappa shape index (κ2) is 10.00. The van der Waals surface area contributed by atoms with Crippen molar-refractivity contribution in [2.75, 3.05) is 18.2 Å². The first-order valence-electron chi connectivity index (χ1n) is 8.49. The second-order valence-corrected chi connectivity index (χ2v) is 8.07. The monoisotopic (exact) mass is 496 g/mol. The summed E-state index contributed by atoms with van der Waals surface area (Å²) in [6.07, 6.45) is 0. The predicted molar refractivity (Wildman–Crippen MR) is 117 cm³/mol. The van der Waals surface area contributed by atoms with Gasteiger partial charge in [-0.3, -0.25) is 4.79 Å². The quantitative estimate of drug-likeness (QED) is 0.460. The van der Waals surface area contributed by atoms with Crippen molar-refractivity contribution in [1.82, 2.24) is 14.8 Å². The molecule has 10 heteroatoms. The summed E-state index contributed by atoms with van der Waals surface area (Å²) < 4.78 is 13.6. The van der Waals surface area contributed by atoms with E-state index in [0.717, 1.165) is 4.47 Å². The molecule has 0 bridgehead atoms. The normalized spacial score (nSPS) is 10.6. The maximum Gasteiger partial charge on any atom is 0.234 e. The number of aromatic nitrogens is 3. The first-order valence-corrected chi connectivity index (χ1v) is 10.7. The number of carbonyl (C=O) groups excluding carboxylic acids is 1. The van der Waals surface area contributed by atoms with Crippen LogP contribution in [-0.4, -0.2) is 33.5 Å². The number of thioether (sulfide) groups is 1. The van der Waals surface area contributed by atoms with Crippen molar-refractivity contribution in [1.29, 1.82) is 0 Å². The standard InChI is InChI=1S/C19H18BrClN4O3S/c1-25-17(10-28-16-6-4-3-5-15(16)27-2)23-24-19(25)29-11-18(26)22-12-7-8-13(20)14(21)9-12/h3-9H,10-11H2,1-2H3,(H,22,26). The Hall–Kier alpha value is -2.23. The summed E-state index contributed by atoms with van der Waals surface area (Å²) in [5, 5.41) is 12.2. The smallest absolute Gasteiger partial charge is 0.234 e. The van der Waals surface area contributed by atoms with E-state index in [2.05, 4.69) is 31.4 Å². The van der Waals surface area contributed by atoms with Gasteiger partial charge in [0.2, 0.25) is 5.91 Å². The molecule has 1 heterocycles. The average molecular weight is 498 g/mol. The Morgan fingerprint density at radius 3 is 2.72 bits per heavy atom. The number of nitrogens with zero attached hydrogens (tertiary/aromatic N) is 3. The fourth-order valence-corrected chi connectivity index (χ4v) is 3.53. The van der Waals surface area contributed by atoms with Crippen LogP contribution >= 0.6 is 39.3 Å². The molecule has 7 nitrogen and oxygen atoms in total. The molecule has 0 saturated heterocycles. The highest BCUT2D eigenvalue weighted by Gasteiger charge is 2.13. The SMILES string of the molecule is COc1ccccc1OCc1nnc(SCC(=O)Nc2ccc(Br)c(Cl)c2)n1C. The van der Waals surface area contributed by atoms with Gasteiger partial charge >= 0.3 is 0 Å². The lowest BCUT2D eigenvalue weighted by Crippen LogP contribution is -2.14. The number of nitrogens with one attached hydrogen (secondary N) is 1. The van der Waals surface area contributed by atoms with Crippen LogP contribution in [0.25, 0.3) is 0 Å². The van der Waals surface area contributed by atoms with Gasteiger partial charge in [-0.05, 0) is 46.3 Å². The van der Waals surface area contributed by atoms with E-state index in [1.807, 2.05) is 31.3 Å². The number of hydrogen-bond acceptors (Lipinski definition) is 6. The van der Waals surface area contributed by atoms with Crippen molar-refractivity contribution < 1.29 is 14.3 Å². The molecule has 0 saturated carbocycles. The van der Waals surface area contributed by atoms with Crippen molar-refractivity contribution >= 4 is 50.9 Å². The fourth-order valence-electron chi connectivity index (χ4n) is 2.38. The molecule has 0 radical (unpaired) electrons. The third kappa shape index (κ3) is 5.65. The van der Waals surface area contributed by atoms with Gasteiger partial charge in [0.15, 0.2) is 22.5 Å². The van der Waals surface area contributed by atoms with Gasteiger partial charge in [0, 0.05) is 17.2 Å². The van der Waals surface area contributed by atoms with Crippen LogP contribution in [0.3, 0.4) is 0 Å². The van der Waals surface area contributed by atoms with E-state index >= 15 is 0 Å². The minimum Gasteiger partial charge on any atom is -0.493 e. The van der Waals surface area contributed by atoms with Crippen LogP contribution in [-0.2, 0) is 18.4 Å². The Labute approximate surface area is 185 Å². The van der Waals surface area contributed by atoms with Gasteiger partial charge in [0.05, 0.1) is 17.9 Å². The fraction of sp³-hybridized carbons (Fsp3) is 0.211. The van der Waals surface area contributed by atoms with Crippen LogP contribution in [0, 0.1) is 0 Å². The number of para-hydroxylation sites is 2. The molecule has 0 fully saturated rings. The van der Waals surface area contributed by atoms with Crippen molar-refractivity contribution in [3.63, 3.8) is 0 Å². The van der Waals surface area contributed by atoms with E-state index in [-0.39, 0.29) is 18.3 Å². The second-order valence-electron chi connectivity index (χ2n) is 5.86. The lowest BCUT2D eigenvalue weighted by atomic mass is 10.3. The Balaban J connectivity index is 1.55. The third-order valence-corrected chi connectivity index (χ3v) is 6.14. The molecule has 0 atom stereocenters. The zero-order valence-electron chi connectivity index (χ0n) is 15.7. The molecule has 1 amide bonds. The molecule has 152 valence electrons. The summed E-state index contributed by atoms with van der Waals surface area (Å²) in [5.74, 6) is 1.93.